The first-order valence-electron chi connectivity index (χ1n) is 3.99. The van der Waals surface area contributed by atoms with Gasteiger partial charge >= 0.3 is 0 Å². The molecule has 0 aromatic carbocycles. The standard InChI is InChI=1S/C9H9BrN2O/c1-5(13)6-2-7-8(10)4-12-9(7)11-3-6/h2-5,13H,1H3,(H,11,12). The number of fused-ring (bicyclic) bond motifs is 1. The van der Waals surface area contributed by atoms with E-state index in [4.69, 9.17) is 0 Å². The SMILES string of the molecule is CC(O)c1cnc2[nH]cc(Br)c2c1. The van der Waals surface area contributed by atoms with Crippen LogP contribution in [0.1, 0.15) is 18.6 Å². The van der Waals surface area contributed by atoms with E-state index in [1.165, 1.54) is 0 Å². The smallest absolute Gasteiger partial charge is 0.138 e. The molecule has 0 radical (unpaired) electrons. The summed E-state index contributed by atoms with van der Waals surface area (Å²) in [6.07, 6.45) is 3.04. The topological polar surface area (TPSA) is 48.9 Å². The lowest BCUT2D eigenvalue weighted by Gasteiger charge is -2.02. The minimum absolute atomic E-state index is 0.473. The number of pyridine rings is 1. The van der Waals surface area contributed by atoms with Crippen molar-refractivity contribution >= 4 is 27.0 Å². The van der Waals surface area contributed by atoms with Crippen LogP contribution in [0.2, 0.25) is 0 Å². The third-order valence-corrected chi connectivity index (χ3v) is 2.64. The zero-order valence-electron chi connectivity index (χ0n) is 7.08. The van der Waals surface area contributed by atoms with E-state index in [0.29, 0.717) is 0 Å². The molecule has 3 nitrogen and oxygen atoms in total. The number of hydrogen-bond acceptors (Lipinski definition) is 2. The van der Waals surface area contributed by atoms with Gasteiger partial charge in [-0.1, -0.05) is 0 Å². The summed E-state index contributed by atoms with van der Waals surface area (Å²) in [4.78, 5) is 7.19. The van der Waals surface area contributed by atoms with E-state index in [1.54, 1.807) is 13.1 Å². The molecule has 2 aromatic heterocycles. The van der Waals surface area contributed by atoms with E-state index in [-0.39, 0.29) is 0 Å². The van der Waals surface area contributed by atoms with Gasteiger partial charge in [-0.25, -0.2) is 4.98 Å². The van der Waals surface area contributed by atoms with Gasteiger partial charge in [0.2, 0.25) is 0 Å². The molecule has 0 bridgehead atoms. The van der Waals surface area contributed by atoms with Crippen molar-refractivity contribution in [1.29, 1.82) is 0 Å². The van der Waals surface area contributed by atoms with Crippen molar-refractivity contribution < 1.29 is 5.11 Å². The Bertz CT molecular complexity index is 436. The molecule has 4 heteroatoms. The quantitative estimate of drug-likeness (QED) is 0.805. The molecule has 0 aliphatic heterocycles. The van der Waals surface area contributed by atoms with Crippen molar-refractivity contribution in [3.05, 3.63) is 28.5 Å². The fourth-order valence-electron chi connectivity index (χ4n) is 1.22. The van der Waals surface area contributed by atoms with Crippen LogP contribution in [-0.2, 0) is 0 Å². The summed E-state index contributed by atoms with van der Waals surface area (Å²) in [5, 5.41) is 10.3. The Morgan fingerprint density at radius 3 is 3.08 bits per heavy atom. The van der Waals surface area contributed by atoms with Crippen molar-refractivity contribution in [3.63, 3.8) is 0 Å². The second kappa shape index (κ2) is 3.12. The number of halogens is 1. The summed E-state index contributed by atoms with van der Waals surface area (Å²) in [7, 11) is 0. The van der Waals surface area contributed by atoms with Crippen LogP contribution in [0.15, 0.2) is 22.9 Å². The van der Waals surface area contributed by atoms with Crippen molar-refractivity contribution in [1.82, 2.24) is 9.97 Å². The Kier molecular flexibility index (Phi) is 2.09. The summed E-state index contributed by atoms with van der Waals surface area (Å²) >= 11 is 3.40. The fraction of sp³-hybridized carbons (Fsp3) is 0.222. The lowest BCUT2D eigenvalue weighted by atomic mass is 10.1. The zero-order valence-corrected chi connectivity index (χ0v) is 8.67. The molecule has 0 amide bonds. The highest BCUT2D eigenvalue weighted by atomic mass is 79.9. The molecule has 13 heavy (non-hydrogen) atoms. The van der Waals surface area contributed by atoms with Gasteiger partial charge in [0.15, 0.2) is 0 Å². The number of hydrogen-bond donors (Lipinski definition) is 2. The van der Waals surface area contributed by atoms with E-state index in [0.717, 1.165) is 21.1 Å². The second-order valence-corrected chi connectivity index (χ2v) is 3.83. The minimum atomic E-state index is -0.473. The second-order valence-electron chi connectivity index (χ2n) is 2.98. The summed E-state index contributed by atoms with van der Waals surface area (Å²) in [6, 6.07) is 1.92. The van der Waals surface area contributed by atoms with Gasteiger partial charge in [-0.15, -0.1) is 0 Å². The largest absolute Gasteiger partial charge is 0.389 e. The van der Waals surface area contributed by atoms with Gasteiger partial charge in [0.1, 0.15) is 5.65 Å². The molecule has 1 unspecified atom stereocenters. The number of aliphatic hydroxyl groups excluding tert-OH is 1. The molecular formula is C9H9BrN2O. The number of H-pyrrole nitrogens is 1. The first kappa shape index (κ1) is 8.72. The Balaban J connectivity index is 2.66. The van der Waals surface area contributed by atoms with Crippen molar-refractivity contribution in [3.8, 4) is 0 Å². The number of nitrogens with zero attached hydrogens (tertiary/aromatic N) is 1. The van der Waals surface area contributed by atoms with Gasteiger partial charge in [-0.3, -0.25) is 0 Å². The maximum atomic E-state index is 9.35. The van der Waals surface area contributed by atoms with E-state index < -0.39 is 6.10 Å². The third kappa shape index (κ3) is 1.47. The van der Waals surface area contributed by atoms with Crippen LogP contribution < -0.4 is 0 Å². The van der Waals surface area contributed by atoms with E-state index in [9.17, 15) is 5.11 Å². The molecule has 0 aliphatic rings. The van der Waals surface area contributed by atoms with Crippen LogP contribution in [0.5, 0.6) is 0 Å². The number of rotatable bonds is 1. The first-order valence-corrected chi connectivity index (χ1v) is 4.78. The van der Waals surface area contributed by atoms with Crippen LogP contribution in [0.4, 0.5) is 0 Å². The Morgan fingerprint density at radius 1 is 1.62 bits per heavy atom. The average molecular weight is 241 g/mol. The number of aromatic amines is 1. The molecule has 0 spiro atoms. The van der Waals surface area contributed by atoms with Crippen molar-refractivity contribution in [2.24, 2.45) is 0 Å². The van der Waals surface area contributed by atoms with Gasteiger partial charge in [0.25, 0.3) is 0 Å². The number of aliphatic hydroxyl groups is 1. The maximum Gasteiger partial charge on any atom is 0.138 e. The fourth-order valence-corrected chi connectivity index (χ4v) is 1.63. The molecule has 2 heterocycles. The van der Waals surface area contributed by atoms with Crippen molar-refractivity contribution in [2.45, 2.75) is 13.0 Å². The van der Waals surface area contributed by atoms with Crippen LogP contribution in [0.25, 0.3) is 11.0 Å². The van der Waals surface area contributed by atoms with E-state index in [1.807, 2.05) is 12.3 Å². The zero-order chi connectivity index (χ0) is 9.42. The van der Waals surface area contributed by atoms with Crippen LogP contribution in [-0.4, -0.2) is 15.1 Å². The predicted molar refractivity (Wildman–Crippen MR) is 54.4 cm³/mol. The van der Waals surface area contributed by atoms with Crippen LogP contribution in [0, 0.1) is 0 Å². The highest BCUT2D eigenvalue weighted by Gasteiger charge is 2.06. The molecule has 2 aromatic rings. The summed E-state index contributed by atoms with van der Waals surface area (Å²) < 4.78 is 0.970. The van der Waals surface area contributed by atoms with Crippen molar-refractivity contribution in [2.75, 3.05) is 0 Å². The number of aromatic nitrogens is 2. The molecule has 68 valence electrons. The highest BCUT2D eigenvalue weighted by Crippen LogP contribution is 2.24. The minimum Gasteiger partial charge on any atom is -0.389 e. The maximum absolute atomic E-state index is 9.35. The van der Waals surface area contributed by atoms with Gasteiger partial charge < -0.3 is 10.1 Å². The summed E-state index contributed by atoms with van der Waals surface area (Å²) in [5.41, 5.74) is 1.66. The summed E-state index contributed by atoms with van der Waals surface area (Å²) in [6.45, 7) is 1.73. The molecule has 1 atom stereocenters. The van der Waals surface area contributed by atoms with E-state index >= 15 is 0 Å². The van der Waals surface area contributed by atoms with Gasteiger partial charge in [0.05, 0.1) is 6.10 Å². The van der Waals surface area contributed by atoms with Crippen LogP contribution >= 0.6 is 15.9 Å². The molecule has 2 N–H and O–H groups in total. The molecule has 0 saturated carbocycles. The number of nitrogens with one attached hydrogen (secondary N) is 1. The van der Waals surface area contributed by atoms with Crippen LogP contribution in [0.3, 0.4) is 0 Å². The lowest BCUT2D eigenvalue weighted by Crippen LogP contribution is -1.91. The van der Waals surface area contributed by atoms with Gasteiger partial charge in [-0.05, 0) is 34.5 Å². The Labute approximate surface area is 83.9 Å². The lowest BCUT2D eigenvalue weighted by molar-refractivity contribution is 0.199. The third-order valence-electron chi connectivity index (χ3n) is 1.98. The monoisotopic (exact) mass is 240 g/mol. The van der Waals surface area contributed by atoms with Gasteiger partial charge in [-0.2, -0.15) is 0 Å². The normalized spacial score (nSPS) is 13.5. The predicted octanol–water partition coefficient (Wildman–Crippen LogP) is 2.38. The molecule has 0 aliphatic carbocycles. The molecular weight excluding hydrogens is 232 g/mol. The molecule has 0 fully saturated rings. The molecule has 2 rings (SSSR count). The molecule has 0 saturated heterocycles. The summed E-state index contributed by atoms with van der Waals surface area (Å²) in [5.74, 6) is 0. The van der Waals surface area contributed by atoms with E-state index in [2.05, 4.69) is 25.9 Å². The Morgan fingerprint density at radius 2 is 2.38 bits per heavy atom. The average Bonchev–Trinajstić information content (AvgIpc) is 2.47. The Hall–Kier alpha value is -0.870. The highest BCUT2D eigenvalue weighted by molar-refractivity contribution is 9.10. The van der Waals surface area contributed by atoms with Gasteiger partial charge in [0, 0.05) is 22.3 Å². The first-order chi connectivity index (χ1) is 6.18.